The van der Waals surface area contributed by atoms with Gasteiger partial charge in [0.15, 0.2) is 5.72 Å². The molecule has 0 spiro atoms. The molecule has 3 aromatic rings. The Hall–Kier alpha value is -3.05. The van der Waals surface area contributed by atoms with Gasteiger partial charge >= 0.3 is 5.97 Å². The maximum absolute atomic E-state index is 16.6. The zero-order chi connectivity index (χ0) is 30.4. The van der Waals surface area contributed by atoms with E-state index in [1.807, 2.05) is 0 Å². The molecule has 0 saturated carbocycles. The van der Waals surface area contributed by atoms with E-state index in [9.17, 15) is 19.8 Å². The number of nitrogens with one attached hydrogen (secondary N) is 1. The number of carbonyl (C=O) groups excluding carboxylic acids is 1. The van der Waals surface area contributed by atoms with Gasteiger partial charge in [0.2, 0.25) is 0 Å². The number of halogens is 3. The van der Waals surface area contributed by atoms with Gasteiger partial charge in [0.25, 0.3) is 5.91 Å². The van der Waals surface area contributed by atoms with Gasteiger partial charge in [0.1, 0.15) is 11.4 Å². The molecule has 0 bridgehead atoms. The maximum Gasteiger partial charge on any atom is 0.308 e. The van der Waals surface area contributed by atoms with Crippen molar-refractivity contribution in [1.29, 1.82) is 0 Å². The third kappa shape index (κ3) is 4.78. The lowest BCUT2D eigenvalue weighted by atomic mass is 9.81. The van der Waals surface area contributed by atoms with Gasteiger partial charge in [-0.25, -0.2) is 4.39 Å². The van der Waals surface area contributed by atoms with Crippen LogP contribution in [0.15, 0.2) is 60.7 Å². The Morgan fingerprint density at radius 1 is 1.19 bits per heavy atom. The molecule has 2 aliphatic heterocycles. The van der Waals surface area contributed by atoms with Crippen LogP contribution in [0.1, 0.15) is 58.9 Å². The van der Waals surface area contributed by atoms with E-state index in [2.05, 4.69) is 5.32 Å². The van der Waals surface area contributed by atoms with Gasteiger partial charge in [-0.2, -0.15) is 0 Å². The van der Waals surface area contributed by atoms with Crippen molar-refractivity contribution in [3.05, 3.63) is 104 Å². The second-order valence-corrected chi connectivity index (χ2v) is 11.5. The average Bonchev–Trinajstić information content (AvgIpc) is 3.61. The molecule has 0 aromatic heterocycles. The van der Waals surface area contributed by atoms with Crippen LogP contribution in [0.3, 0.4) is 0 Å². The summed E-state index contributed by atoms with van der Waals surface area (Å²) in [6, 6.07) is 13.9. The maximum atomic E-state index is 16.6. The van der Waals surface area contributed by atoms with E-state index in [4.69, 9.17) is 32.7 Å². The van der Waals surface area contributed by atoms with Crippen molar-refractivity contribution in [2.45, 2.75) is 43.7 Å². The van der Waals surface area contributed by atoms with Crippen LogP contribution in [0.4, 0.5) is 4.39 Å². The van der Waals surface area contributed by atoms with E-state index in [-0.39, 0.29) is 36.4 Å². The topological polar surface area (TPSA) is 108 Å². The highest BCUT2D eigenvalue weighted by atomic mass is 35.5. The molecule has 1 saturated heterocycles. The molecule has 2 heterocycles. The van der Waals surface area contributed by atoms with Crippen molar-refractivity contribution < 1.29 is 33.7 Å². The Kier molecular flexibility index (Phi) is 8.37. The number of carbonyl (C=O) groups is 2. The first-order valence-electron chi connectivity index (χ1n) is 13.5. The summed E-state index contributed by atoms with van der Waals surface area (Å²) in [5, 5.41) is 25.8. The molecule has 5 rings (SSSR count). The molecule has 0 radical (unpaired) electrons. The number of ether oxygens (including phenoxy) is 2. The minimum absolute atomic E-state index is 0.0517. The van der Waals surface area contributed by atoms with Crippen LogP contribution < -0.4 is 5.32 Å². The number of hydrogen-bond donors (Lipinski definition) is 3. The van der Waals surface area contributed by atoms with Gasteiger partial charge < -0.3 is 19.7 Å². The summed E-state index contributed by atoms with van der Waals surface area (Å²) in [5.41, 5.74) is -2.57. The smallest absolute Gasteiger partial charge is 0.308 e. The Labute approximate surface area is 252 Å². The SMILES string of the molecule is CC[C@](O)(c1cc(F)c2c(c1)C(=O)N([C@H](c1ccc(Cl)cc1)[C@H](C)C(=O)O)C2(OC)c1ccc(Cl)cc1)C1COCN1. The Bertz CT molecular complexity index is 1500. The molecule has 42 heavy (non-hydrogen) atoms. The van der Waals surface area contributed by atoms with Crippen LogP contribution in [0.5, 0.6) is 0 Å². The highest BCUT2D eigenvalue weighted by Gasteiger charge is 2.58. The molecular weight excluding hydrogens is 586 g/mol. The number of benzene rings is 3. The fourth-order valence-electron chi connectivity index (χ4n) is 6.17. The summed E-state index contributed by atoms with van der Waals surface area (Å²) in [5.74, 6) is -3.78. The van der Waals surface area contributed by atoms with Crippen molar-refractivity contribution >= 4 is 35.1 Å². The summed E-state index contributed by atoms with van der Waals surface area (Å²) in [6.07, 6.45) is 0.209. The fourth-order valence-corrected chi connectivity index (χ4v) is 6.42. The van der Waals surface area contributed by atoms with Gasteiger partial charge in [0.05, 0.1) is 42.5 Å². The zero-order valence-corrected chi connectivity index (χ0v) is 24.7. The van der Waals surface area contributed by atoms with Crippen LogP contribution in [0.2, 0.25) is 10.0 Å². The summed E-state index contributed by atoms with van der Waals surface area (Å²) in [4.78, 5) is 28.3. The van der Waals surface area contributed by atoms with Crippen LogP contribution in [-0.2, 0) is 25.6 Å². The quantitative estimate of drug-likeness (QED) is 0.294. The minimum Gasteiger partial charge on any atom is -0.481 e. The number of aliphatic carboxylic acids is 1. The molecule has 222 valence electrons. The molecule has 5 atom stereocenters. The first kappa shape index (κ1) is 30.4. The van der Waals surface area contributed by atoms with Crippen LogP contribution in [-0.4, -0.2) is 53.5 Å². The second kappa shape index (κ2) is 11.6. The third-order valence-electron chi connectivity index (χ3n) is 8.43. The van der Waals surface area contributed by atoms with Gasteiger partial charge in [-0.15, -0.1) is 0 Å². The van der Waals surface area contributed by atoms with Gasteiger partial charge in [-0.05, 0) is 60.9 Å². The summed E-state index contributed by atoms with van der Waals surface area (Å²) >= 11 is 12.3. The highest BCUT2D eigenvalue weighted by molar-refractivity contribution is 6.30. The summed E-state index contributed by atoms with van der Waals surface area (Å²) < 4.78 is 28.1. The lowest BCUT2D eigenvalue weighted by Crippen LogP contribution is -2.51. The van der Waals surface area contributed by atoms with Crippen molar-refractivity contribution in [3.8, 4) is 0 Å². The third-order valence-corrected chi connectivity index (χ3v) is 8.94. The first-order valence-corrected chi connectivity index (χ1v) is 14.3. The molecule has 0 aliphatic carbocycles. The average molecular weight is 618 g/mol. The van der Waals surface area contributed by atoms with E-state index < -0.39 is 47.0 Å². The van der Waals surface area contributed by atoms with Crippen molar-refractivity contribution in [2.75, 3.05) is 20.4 Å². The zero-order valence-electron chi connectivity index (χ0n) is 23.2. The molecule has 3 aromatic carbocycles. The second-order valence-electron chi connectivity index (χ2n) is 10.6. The fraction of sp³-hybridized carbons (Fsp3) is 0.355. The molecule has 1 amide bonds. The van der Waals surface area contributed by atoms with E-state index in [1.165, 1.54) is 31.1 Å². The Morgan fingerprint density at radius 3 is 2.33 bits per heavy atom. The lowest BCUT2D eigenvalue weighted by molar-refractivity contribution is -0.149. The monoisotopic (exact) mass is 616 g/mol. The largest absolute Gasteiger partial charge is 0.481 e. The van der Waals surface area contributed by atoms with Gasteiger partial charge in [-0.3, -0.25) is 19.8 Å². The number of aliphatic hydroxyl groups is 1. The Balaban J connectivity index is 1.81. The standard InChI is InChI=1S/C31H31Cl2FN2O6/c1-4-30(40,25-15-42-16-35-25)20-13-23-26(24(34)14-20)31(41-3,19-7-11-22(33)12-8-19)36(28(23)37)27(17(2)29(38)39)18-5-9-21(32)10-6-18/h5-14,17,25,27,35,40H,4,15-16H2,1-3H3,(H,38,39)/t17-,25?,27-,30-,31?/m0/s1. The predicted molar refractivity (Wildman–Crippen MR) is 155 cm³/mol. The molecule has 8 nitrogen and oxygen atoms in total. The lowest BCUT2D eigenvalue weighted by Gasteiger charge is -2.44. The van der Waals surface area contributed by atoms with Crippen molar-refractivity contribution in [1.82, 2.24) is 10.2 Å². The number of fused-ring (bicyclic) bond motifs is 1. The number of carboxylic acid groups (broad SMARTS) is 1. The minimum atomic E-state index is -1.88. The summed E-state index contributed by atoms with van der Waals surface area (Å²) in [6.45, 7) is 3.66. The van der Waals surface area contributed by atoms with E-state index >= 15 is 4.39 Å². The number of carboxylic acids is 1. The van der Waals surface area contributed by atoms with Crippen LogP contribution in [0, 0.1) is 11.7 Å². The number of methoxy groups -OCH3 is 1. The van der Waals surface area contributed by atoms with Crippen molar-refractivity contribution in [2.24, 2.45) is 5.92 Å². The van der Waals surface area contributed by atoms with E-state index in [0.29, 0.717) is 21.2 Å². The number of rotatable bonds is 9. The summed E-state index contributed by atoms with van der Waals surface area (Å²) in [7, 11) is 1.34. The van der Waals surface area contributed by atoms with E-state index in [1.54, 1.807) is 55.5 Å². The highest BCUT2D eigenvalue weighted by Crippen LogP contribution is 2.52. The molecule has 3 N–H and O–H groups in total. The molecule has 1 fully saturated rings. The Morgan fingerprint density at radius 2 is 1.81 bits per heavy atom. The molecule has 11 heteroatoms. The predicted octanol–water partition coefficient (Wildman–Crippen LogP) is 5.44. The first-order chi connectivity index (χ1) is 20.0. The number of nitrogens with zero attached hydrogens (tertiary/aromatic N) is 1. The normalized spacial score (nSPS) is 23.0. The molecule has 2 aliphatic rings. The molecular formula is C31H31Cl2FN2O6. The number of hydrogen-bond acceptors (Lipinski definition) is 6. The molecule has 2 unspecified atom stereocenters. The van der Waals surface area contributed by atoms with Crippen LogP contribution >= 0.6 is 23.2 Å². The van der Waals surface area contributed by atoms with Crippen LogP contribution in [0.25, 0.3) is 0 Å². The number of amides is 1. The van der Waals surface area contributed by atoms with Gasteiger partial charge in [0, 0.05) is 22.7 Å². The van der Waals surface area contributed by atoms with Crippen molar-refractivity contribution in [3.63, 3.8) is 0 Å². The van der Waals surface area contributed by atoms with E-state index in [0.717, 1.165) is 0 Å². The van der Waals surface area contributed by atoms with Gasteiger partial charge in [-0.1, -0.05) is 54.4 Å².